The number of fused-ring (bicyclic) bond motifs is 1. The quantitative estimate of drug-likeness (QED) is 0.743. The van der Waals surface area contributed by atoms with Gasteiger partial charge in [0.1, 0.15) is 5.75 Å². The Bertz CT molecular complexity index is 950. The first kappa shape index (κ1) is 18.3. The number of para-hydroxylation sites is 1. The highest BCUT2D eigenvalue weighted by molar-refractivity contribution is 5.89. The smallest absolute Gasteiger partial charge is 0.321 e. The molecule has 1 N–H and O–H groups in total. The van der Waals surface area contributed by atoms with Gasteiger partial charge < -0.3 is 15.0 Å². The summed E-state index contributed by atoms with van der Waals surface area (Å²) in [5.74, 6) is 0.880. The van der Waals surface area contributed by atoms with E-state index >= 15 is 0 Å². The minimum Gasteiger partial charge on any atom is -0.497 e. The first-order valence-corrected chi connectivity index (χ1v) is 9.61. The molecule has 0 unspecified atom stereocenters. The van der Waals surface area contributed by atoms with Crippen LogP contribution in [0.4, 0.5) is 10.5 Å². The van der Waals surface area contributed by atoms with Gasteiger partial charge in [-0.25, -0.2) is 4.79 Å². The standard InChI is InChI=1S/C23H25N3O2/c1-28-22-10-9-19-15-18(7-8-20(19)16-22)17-25-11-13-26(14-12-25)23(27)24-21-5-3-2-4-6-21/h2-10,15-16H,11-14,17H2,1H3,(H,24,27). The topological polar surface area (TPSA) is 44.8 Å². The third-order valence-electron chi connectivity index (χ3n) is 5.20. The Hall–Kier alpha value is -3.05. The number of piperazine rings is 1. The number of urea groups is 1. The van der Waals surface area contributed by atoms with Crippen LogP contribution >= 0.6 is 0 Å². The van der Waals surface area contributed by atoms with Gasteiger partial charge in [-0.15, -0.1) is 0 Å². The van der Waals surface area contributed by atoms with Crippen LogP contribution in [0.25, 0.3) is 10.8 Å². The molecule has 0 aromatic heterocycles. The van der Waals surface area contributed by atoms with Gasteiger partial charge in [-0.3, -0.25) is 4.90 Å². The van der Waals surface area contributed by atoms with E-state index in [1.165, 1.54) is 16.3 Å². The maximum absolute atomic E-state index is 12.4. The van der Waals surface area contributed by atoms with E-state index in [4.69, 9.17) is 4.74 Å². The highest BCUT2D eigenvalue weighted by Crippen LogP contribution is 2.22. The molecule has 4 rings (SSSR count). The number of amides is 2. The fourth-order valence-electron chi connectivity index (χ4n) is 3.59. The van der Waals surface area contributed by atoms with Crippen molar-refractivity contribution in [3.05, 3.63) is 72.3 Å². The lowest BCUT2D eigenvalue weighted by molar-refractivity contribution is 0.143. The molecule has 3 aromatic rings. The minimum atomic E-state index is -0.0227. The van der Waals surface area contributed by atoms with E-state index in [0.717, 1.165) is 44.2 Å². The van der Waals surface area contributed by atoms with E-state index in [0.29, 0.717) is 0 Å². The summed E-state index contributed by atoms with van der Waals surface area (Å²) in [5, 5.41) is 5.37. The lowest BCUT2D eigenvalue weighted by atomic mass is 10.1. The van der Waals surface area contributed by atoms with Crippen molar-refractivity contribution in [3.8, 4) is 5.75 Å². The number of methoxy groups -OCH3 is 1. The normalized spacial score (nSPS) is 14.8. The molecule has 0 saturated carbocycles. The fraction of sp³-hybridized carbons (Fsp3) is 0.261. The van der Waals surface area contributed by atoms with Crippen LogP contribution in [0.15, 0.2) is 66.7 Å². The molecule has 1 heterocycles. The van der Waals surface area contributed by atoms with E-state index in [1.54, 1.807) is 7.11 Å². The van der Waals surface area contributed by atoms with Crippen LogP contribution in [0.5, 0.6) is 5.75 Å². The molecule has 0 radical (unpaired) electrons. The van der Waals surface area contributed by atoms with Gasteiger partial charge in [-0.05, 0) is 46.7 Å². The Morgan fingerprint density at radius 3 is 2.39 bits per heavy atom. The molecule has 0 atom stereocenters. The predicted octanol–water partition coefficient (Wildman–Crippen LogP) is 4.20. The summed E-state index contributed by atoms with van der Waals surface area (Å²) in [6.07, 6.45) is 0. The first-order chi connectivity index (χ1) is 13.7. The van der Waals surface area contributed by atoms with Crippen molar-refractivity contribution in [3.63, 3.8) is 0 Å². The Morgan fingerprint density at radius 1 is 0.929 bits per heavy atom. The number of benzene rings is 3. The summed E-state index contributed by atoms with van der Waals surface area (Å²) in [6, 6.07) is 22.3. The van der Waals surface area contributed by atoms with E-state index in [1.807, 2.05) is 41.3 Å². The zero-order chi connectivity index (χ0) is 19.3. The number of carbonyl (C=O) groups excluding carboxylic acids is 1. The average Bonchev–Trinajstić information content (AvgIpc) is 2.74. The van der Waals surface area contributed by atoms with Gasteiger partial charge >= 0.3 is 6.03 Å². The van der Waals surface area contributed by atoms with Gasteiger partial charge in [-0.1, -0.05) is 36.4 Å². The largest absolute Gasteiger partial charge is 0.497 e. The second-order valence-electron chi connectivity index (χ2n) is 7.11. The van der Waals surface area contributed by atoms with Crippen LogP contribution in [0.2, 0.25) is 0 Å². The predicted molar refractivity (Wildman–Crippen MR) is 113 cm³/mol. The number of carbonyl (C=O) groups is 1. The average molecular weight is 375 g/mol. The van der Waals surface area contributed by atoms with Crippen LogP contribution in [-0.4, -0.2) is 49.1 Å². The van der Waals surface area contributed by atoms with E-state index in [-0.39, 0.29) is 6.03 Å². The molecule has 5 heteroatoms. The molecule has 1 aliphatic heterocycles. The molecule has 3 aromatic carbocycles. The second kappa shape index (κ2) is 8.31. The molecular formula is C23H25N3O2. The molecule has 2 amide bonds. The molecule has 1 aliphatic rings. The lowest BCUT2D eigenvalue weighted by Crippen LogP contribution is -2.49. The molecule has 1 saturated heterocycles. The number of hydrogen-bond donors (Lipinski definition) is 1. The highest BCUT2D eigenvalue weighted by atomic mass is 16.5. The Morgan fingerprint density at radius 2 is 1.64 bits per heavy atom. The van der Waals surface area contributed by atoms with Crippen molar-refractivity contribution >= 4 is 22.5 Å². The Kier molecular flexibility index (Phi) is 5.44. The van der Waals surface area contributed by atoms with Crippen molar-refractivity contribution in [2.24, 2.45) is 0 Å². The number of anilines is 1. The van der Waals surface area contributed by atoms with Crippen LogP contribution in [0.1, 0.15) is 5.56 Å². The molecular weight excluding hydrogens is 350 g/mol. The van der Waals surface area contributed by atoms with Crippen molar-refractivity contribution in [1.29, 1.82) is 0 Å². The third kappa shape index (κ3) is 4.26. The SMILES string of the molecule is COc1ccc2cc(CN3CCN(C(=O)Nc4ccccc4)CC3)ccc2c1. The Labute approximate surface area is 165 Å². The van der Waals surface area contributed by atoms with Crippen molar-refractivity contribution < 1.29 is 9.53 Å². The molecule has 144 valence electrons. The van der Waals surface area contributed by atoms with Gasteiger partial charge in [0.15, 0.2) is 0 Å². The van der Waals surface area contributed by atoms with Gasteiger partial charge in [0, 0.05) is 38.4 Å². The summed E-state index contributed by atoms with van der Waals surface area (Å²) in [4.78, 5) is 16.7. The Balaban J connectivity index is 1.33. The zero-order valence-electron chi connectivity index (χ0n) is 16.1. The summed E-state index contributed by atoms with van der Waals surface area (Å²) in [7, 11) is 1.69. The van der Waals surface area contributed by atoms with Crippen LogP contribution in [-0.2, 0) is 6.54 Å². The molecule has 0 bridgehead atoms. The van der Waals surface area contributed by atoms with Crippen LogP contribution in [0, 0.1) is 0 Å². The summed E-state index contributed by atoms with van der Waals surface area (Å²) < 4.78 is 5.30. The van der Waals surface area contributed by atoms with Crippen molar-refractivity contribution in [2.75, 3.05) is 38.6 Å². The monoisotopic (exact) mass is 375 g/mol. The minimum absolute atomic E-state index is 0.0227. The third-order valence-corrected chi connectivity index (χ3v) is 5.20. The maximum atomic E-state index is 12.4. The second-order valence-corrected chi connectivity index (χ2v) is 7.11. The highest BCUT2D eigenvalue weighted by Gasteiger charge is 2.21. The van der Waals surface area contributed by atoms with E-state index in [9.17, 15) is 4.79 Å². The van der Waals surface area contributed by atoms with Crippen LogP contribution < -0.4 is 10.1 Å². The fourth-order valence-corrected chi connectivity index (χ4v) is 3.59. The number of ether oxygens (including phenoxy) is 1. The summed E-state index contributed by atoms with van der Waals surface area (Å²) in [5.41, 5.74) is 2.13. The number of rotatable bonds is 4. The van der Waals surface area contributed by atoms with Gasteiger partial charge in [0.2, 0.25) is 0 Å². The molecule has 0 spiro atoms. The molecule has 0 aliphatic carbocycles. The summed E-state index contributed by atoms with van der Waals surface area (Å²) in [6.45, 7) is 4.13. The number of hydrogen-bond acceptors (Lipinski definition) is 3. The molecule has 5 nitrogen and oxygen atoms in total. The summed E-state index contributed by atoms with van der Waals surface area (Å²) >= 11 is 0. The van der Waals surface area contributed by atoms with Gasteiger partial charge in [0.05, 0.1) is 7.11 Å². The molecule has 28 heavy (non-hydrogen) atoms. The van der Waals surface area contributed by atoms with Gasteiger partial charge in [-0.2, -0.15) is 0 Å². The first-order valence-electron chi connectivity index (χ1n) is 9.61. The number of nitrogens with one attached hydrogen (secondary N) is 1. The zero-order valence-corrected chi connectivity index (χ0v) is 16.1. The van der Waals surface area contributed by atoms with E-state index < -0.39 is 0 Å². The maximum Gasteiger partial charge on any atom is 0.321 e. The van der Waals surface area contributed by atoms with Crippen molar-refractivity contribution in [1.82, 2.24) is 9.80 Å². The van der Waals surface area contributed by atoms with E-state index in [2.05, 4.69) is 40.5 Å². The van der Waals surface area contributed by atoms with Crippen molar-refractivity contribution in [2.45, 2.75) is 6.54 Å². The van der Waals surface area contributed by atoms with Gasteiger partial charge in [0.25, 0.3) is 0 Å². The lowest BCUT2D eigenvalue weighted by Gasteiger charge is -2.34. The van der Waals surface area contributed by atoms with Crippen LogP contribution in [0.3, 0.4) is 0 Å². The molecule has 1 fully saturated rings. The number of nitrogens with zero attached hydrogens (tertiary/aromatic N) is 2.